The number of nitrogens with two attached hydrogens (primary N) is 1. The summed E-state index contributed by atoms with van der Waals surface area (Å²) in [5, 5.41) is 12.3. The van der Waals surface area contributed by atoms with Crippen LogP contribution in [0.2, 0.25) is 0 Å². The summed E-state index contributed by atoms with van der Waals surface area (Å²) in [6.07, 6.45) is 1.41. The number of aliphatic hydroxyl groups is 1. The fourth-order valence-electron chi connectivity index (χ4n) is 3.14. The van der Waals surface area contributed by atoms with Crippen LogP contribution in [-0.4, -0.2) is 41.6 Å². The highest BCUT2D eigenvalue weighted by Crippen LogP contribution is 2.40. The second-order valence-electron chi connectivity index (χ2n) is 6.97. The Balaban J connectivity index is 1.80. The maximum atomic E-state index is 15.6. The van der Waals surface area contributed by atoms with Crippen LogP contribution >= 0.6 is 11.3 Å². The van der Waals surface area contributed by atoms with E-state index in [0.29, 0.717) is 15.7 Å². The Morgan fingerprint density at radius 2 is 1.74 bits per heavy atom. The van der Waals surface area contributed by atoms with Crippen molar-refractivity contribution < 1.29 is 26.7 Å². The molecule has 182 valence electrons. The zero-order valence-electron chi connectivity index (χ0n) is 17.7. The van der Waals surface area contributed by atoms with Gasteiger partial charge in [-0.05, 0) is 30.3 Å². The van der Waals surface area contributed by atoms with Crippen LogP contribution in [0.1, 0.15) is 0 Å². The average Bonchev–Trinajstić information content (AvgIpc) is 3.22. The predicted molar refractivity (Wildman–Crippen MR) is 126 cm³/mol. The van der Waals surface area contributed by atoms with Gasteiger partial charge >= 0.3 is 0 Å². The summed E-state index contributed by atoms with van der Waals surface area (Å²) in [6, 6.07) is 7.92. The smallest absolute Gasteiger partial charge is 0.267 e. The number of benzene rings is 2. The third-order valence-corrected chi connectivity index (χ3v) is 7.06. The zero-order valence-corrected chi connectivity index (χ0v) is 19.3. The van der Waals surface area contributed by atoms with Gasteiger partial charge in [-0.15, -0.1) is 0 Å². The zero-order chi connectivity index (χ0) is 25.2. The van der Waals surface area contributed by atoms with E-state index in [-0.39, 0.29) is 30.4 Å². The van der Waals surface area contributed by atoms with Gasteiger partial charge < -0.3 is 16.2 Å². The molecule has 4 aromatic rings. The highest BCUT2D eigenvalue weighted by molar-refractivity contribution is 7.92. The average molecular weight is 523 g/mol. The number of nitrogens with zero attached hydrogens (tertiary/aromatic N) is 3. The molecule has 0 unspecified atom stereocenters. The lowest BCUT2D eigenvalue weighted by Gasteiger charge is -2.12. The largest absolute Gasteiger partial charge is 0.395 e. The first kappa shape index (κ1) is 24.4. The number of hydrogen-bond donors (Lipinski definition) is 4. The highest BCUT2D eigenvalue weighted by atomic mass is 32.2. The Labute approximate surface area is 201 Å². The summed E-state index contributed by atoms with van der Waals surface area (Å²) in [5.74, 6) is -3.70. The van der Waals surface area contributed by atoms with Gasteiger partial charge in [0.25, 0.3) is 10.0 Å². The number of aromatic nitrogens is 3. The molecule has 4 rings (SSSR count). The van der Waals surface area contributed by atoms with Crippen molar-refractivity contribution in [2.24, 2.45) is 0 Å². The van der Waals surface area contributed by atoms with E-state index in [9.17, 15) is 17.2 Å². The van der Waals surface area contributed by atoms with Gasteiger partial charge in [-0.2, -0.15) is 0 Å². The SMILES string of the molecule is Nc1nccc(-c2sc(NCCO)nc2-c2cccc(NS(=O)(=O)c3c(F)cccc3F)c2F)n1. The number of hydrogen-bond acceptors (Lipinski definition) is 9. The molecule has 35 heavy (non-hydrogen) atoms. The molecule has 0 aliphatic rings. The van der Waals surface area contributed by atoms with Crippen molar-refractivity contribution in [1.82, 2.24) is 15.0 Å². The number of anilines is 3. The molecule has 2 heterocycles. The molecule has 0 bridgehead atoms. The van der Waals surface area contributed by atoms with Crippen molar-refractivity contribution in [1.29, 1.82) is 0 Å². The minimum Gasteiger partial charge on any atom is -0.395 e. The van der Waals surface area contributed by atoms with E-state index < -0.39 is 38.1 Å². The number of nitrogen functional groups attached to an aromatic ring is 1. The molecular formula is C21H17F3N6O3S2. The second kappa shape index (κ2) is 9.85. The minimum absolute atomic E-state index is 0.0272. The van der Waals surface area contributed by atoms with E-state index in [0.717, 1.165) is 35.6 Å². The fraction of sp³-hybridized carbons (Fsp3) is 0.0952. The Hall–Kier alpha value is -3.75. The first-order valence-corrected chi connectivity index (χ1v) is 12.2. The molecule has 0 amide bonds. The van der Waals surface area contributed by atoms with Crippen molar-refractivity contribution >= 4 is 38.1 Å². The Bertz CT molecular complexity index is 1480. The molecule has 0 aliphatic carbocycles. The van der Waals surface area contributed by atoms with Crippen molar-refractivity contribution in [2.45, 2.75) is 4.90 Å². The molecule has 0 aliphatic heterocycles. The normalized spacial score (nSPS) is 11.4. The van der Waals surface area contributed by atoms with Crippen LogP contribution in [0.5, 0.6) is 0 Å². The molecule has 9 nitrogen and oxygen atoms in total. The van der Waals surface area contributed by atoms with Crippen LogP contribution in [0.25, 0.3) is 21.8 Å². The van der Waals surface area contributed by atoms with Crippen molar-refractivity contribution in [2.75, 3.05) is 28.9 Å². The number of aliphatic hydroxyl groups excluding tert-OH is 1. The lowest BCUT2D eigenvalue weighted by molar-refractivity contribution is 0.311. The van der Waals surface area contributed by atoms with E-state index in [1.807, 2.05) is 4.72 Å². The number of thiazole rings is 1. The van der Waals surface area contributed by atoms with E-state index in [4.69, 9.17) is 10.8 Å². The van der Waals surface area contributed by atoms with E-state index in [2.05, 4.69) is 20.3 Å². The molecular weight excluding hydrogens is 505 g/mol. The summed E-state index contributed by atoms with van der Waals surface area (Å²) in [4.78, 5) is 11.5. The van der Waals surface area contributed by atoms with Gasteiger partial charge in [0.1, 0.15) is 11.6 Å². The monoisotopic (exact) mass is 522 g/mol. The second-order valence-corrected chi connectivity index (χ2v) is 9.59. The van der Waals surface area contributed by atoms with Crippen LogP contribution < -0.4 is 15.8 Å². The van der Waals surface area contributed by atoms with Crippen LogP contribution in [0.3, 0.4) is 0 Å². The summed E-state index contributed by atoms with van der Waals surface area (Å²) >= 11 is 1.10. The molecule has 0 saturated heterocycles. The van der Waals surface area contributed by atoms with Crippen molar-refractivity contribution in [3.8, 4) is 21.8 Å². The molecule has 0 saturated carbocycles. The lowest BCUT2D eigenvalue weighted by atomic mass is 10.1. The molecule has 0 fully saturated rings. The molecule has 5 N–H and O–H groups in total. The van der Waals surface area contributed by atoms with E-state index in [1.165, 1.54) is 24.4 Å². The van der Waals surface area contributed by atoms with Gasteiger partial charge in [-0.1, -0.05) is 23.5 Å². The highest BCUT2D eigenvalue weighted by Gasteiger charge is 2.27. The van der Waals surface area contributed by atoms with Crippen LogP contribution in [0, 0.1) is 17.5 Å². The van der Waals surface area contributed by atoms with Gasteiger partial charge in [0.2, 0.25) is 5.95 Å². The molecule has 2 aromatic carbocycles. The van der Waals surface area contributed by atoms with Gasteiger partial charge in [-0.3, -0.25) is 4.72 Å². The first-order chi connectivity index (χ1) is 16.7. The molecule has 2 aromatic heterocycles. The van der Waals surface area contributed by atoms with Gasteiger partial charge in [0.15, 0.2) is 15.8 Å². The number of sulfonamides is 1. The summed E-state index contributed by atoms with van der Waals surface area (Å²) in [5.41, 5.74) is 5.45. The Kier molecular flexibility index (Phi) is 6.86. The summed E-state index contributed by atoms with van der Waals surface area (Å²) < 4.78 is 70.9. The standard InChI is InChI=1S/C21H17F3N6O3S2/c22-12-4-2-5-13(23)19(12)35(32,33)30-14-6-1-3-11(16(14)24)17-18(15-7-8-26-20(25)28-15)34-21(29-17)27-9-10-31/h1-8,30-31H,9-10H2,(H,27,29)(H2,25,26,28). The number of halogens is 3. The predicted octanol–water partition coefficient (Wildman–Crippen LogP) is 3.47. The molecule has 0 spiro atoms. The van der Waals surface area contributed by atoms with Crippen LogP contribution in [0.15, 0.2) is 53.6 Å². The fourth-order valence-corrected chi connectivity index (χ4v) is 5.32. The number of nitrogens with one attached hydrogen (secondary N) is 2. The van der Waals surface area contributed by atoms with Gasteiger partial charge in [-0.25, -0.2) is 36.5 Å². The minimum atomic E-state index is -4.81. The quantitative estimate of drug-likeness (QED) is 0.276. The Morgan fingerprint density at radius 1 is 1.03 bits per heavy atom. The van der Waals surface area contributed by atoms with Gasteiger partial charge in [0.05, 0.1) is 28.6 Å². The van der Waals surface area contributed by atoms with Crippen molar-refractivity contribution in [3.05, 3.63) is 66.1 Å². The number of rotatable bonds is 8. The van der Waals surface area contributed by atoms with Crippen LogP contribution in [-0.2, 0) is 10.0 Å². The molecule has 0 radical (unpaired) electrons. The van der Waals surface area contributed by atoms with Crippen LogP contribution in [0.4, 0.5) is 29.9 Å². The van der Waals surface area contributed by atoms with E-state index in [1.54, 1.807) is 0 Å². The third kappa shape index (κ3) is 5.03. The Morgan fingerprint density at radius 3 is 2.43 bits per heavy atom. The molecule has 14 heteroatoms. The summed E-state index contributed by atoms with van der Waals surface area (Å²) in [7, 11) is -4.81. The third-order valence-electron chi connectivity index (χ3n) is 4.61. The maximum Gasteiger partial charge on any atom is 0.267 e. The van der Waals surface area contributed by atoms with E-state index >= 15 is 4.39 Å². The molecule has 0 atom stereocenters. The van der Waals surface area contributed by atoms with Crippen molar-refractivity contribution in [3.63, 3.8) is 0 Å². The van der Waals surface area contributed by atoms with Gasteiger partial charge in [0, 0.05) is 18.3 Å². The first-order valence-electron chi connectivity index (χ1n) is 9.91. The topological polar surface area (TPSA) is 143 Å². The summed E-state index contributed by atoms with van der Waals surface area (Å²) in [6.45, 7) is -0.00222. The maximum absolute atomic E-state index is 15.6. The lowest BCUT2D eigenvalue weighted by Crippen LogP contribution is -2.17.